The van der Waals surface area contributed by atoms with Crippen LogP contribution in [-0.4, -0.2) is 19.1 Å². The molecule has 17 heavy (non-hydrogen) atoms. The summed E-state index contributed by atoms with van der Waals surface area (Å²) in [5, 5.41) is 2.88. The molecule has 0 spiro atoms. The third-order valence-electron chi connectivity index (χ3n) is 2.99. The summed E-state index contributed by atoms with van der Waals surface area (Å²) < 4.78 is 5.52. The lowest BCUT2D eigenvalue weighted by Crippen LogP contribution is -2.30. The van der Waals surface area contributed by atoms with Gasteiger partial charge in [-0.25, -0.2) is 0 Å². The molecule has 0 unspecified atom stereocenters. The molecular formula is C14H19NO2. The van der Waals surface area contributed by atoms with Crippen LogP contribution in [0.25, 0.3) is 0 Å². The SMILES string of the molecule is Cc1ccc(C)c(OCC(=O)NCC2CC2)c1. The third kappa shape index (κ3) is 3.77. The molecule has 0 radical (unpaired) electrons. The Labute approximate surface area is 102 Å². The van der Waals surface area contributed by atoms with E-state index in [1.165, 1.54) is 12.8 Å². The van der Waals surface area contributed by atoms with Gasteiger partial charge in [-0.05, 0) is 49.8 Å². The lowest BCUT2D eigenvalue weighted by atomic mass is 10.1. The Morgan fingerprint density at radius 1 is 1.41 bits per heavy atom. The number of benzene rings is 1. The summed E-state index contributed by atoms with van der Waals surface area (Å²) in [4.78, 5) is 11.5. The van der Waals surface area contributed by atoms with Crippen molar-refractivity contribution in [3.8, 4) is 5.75 Å². The zero-order valence-electron chi connectivity index (χ0n) is 10.5. The second-order valence-corrected chi connectivity index (χ2v) is 4.81. The zero-order chi connectivity index (χ0) is 12.3. The first-order chi connectivity index (χ1) is 8.15. The molecule has 1 fully saturated rings. The fraction of sp³-hybridized carbons (Fsp3) is 0.500. The molecule has 0 bridgehead atoms. The second-order valence-electron chi connectivity index (χ2n) is 4.81. The first kappa shape index (κ1) is 12.0. The van der Waals surface area contributed by atoms with Crippen molar-refractivity contribution in [3.63, 3.8) is 0 Å². The van der Waals surface area contributed by atoms with E-state index in [1.54, 1.807) is 0 Å². The number of hydrogen-bond acceptors (Lipinski definition) is 2. The number of nitrogens with one attached hydrogen (secondary N) is 1. The number of carbonyl (C=O) groups excluding carboxylic acids is 1. The summed E-state index contributed by atoms with van der Waals surface area (Å²) in [5.74, 6) is 1.48. The molecule has 92 valence electrons. The van der Waals surface area contributed by atoms with Gasteiger partial charge in [0.2, 0.25) is 0 Å². The Kier molecular flexibility index (Phi) is 3.67. The van der Waals surface area contributed by atoms with Gasteiger partial charge in [-0.2, -0.15) is 0 Å². The molecule has 3 heteroatoms. The number of rotatable bonds is 5. The van der Waals surface area contributed by atoms with Gasteiger partial charge >= 0.3 is 0 Å². The van der Waals surface area contributed by atoms with E-state index in [0.717, 1.165) is 23.4 Å². The van der Waals surface area contributed by atoms with Crippen LogP contribution >= 0.6 is 0 Å². The smallest absolute Gasteiger partial charge is 0.257 e. The predicted molar refractivity (Wildman–Crippen MR) is 67.1 cm³/mol. The predicted octanol–water partition coefficient (Wildman–Crippen LogP) is 2.21. The largest absolute Gasteiger partial charge is 0.483 e. The van der Waals surface area contributed by atoms with Crippen LogP contribution in [0.15, 0.2) is 18.2 Å². The van der Waals surface area contributed by atoms with Gasteiger partial charge in [-0.1, -0.05) is 12.1 Å². The Hall–Kier alpha value is -1.51. The van der Waals surface area contributed by atoms with E-state index in [1.807, 2.05) is 32.0 Å². The number of carbonyl (C=O) groups is 1. The summed E-state index contributed by atoms with van der Waals surface area (Å²) >= 11 is 0. The quantitative estimate of drug-likeness (QED) is 0.846. The molecule has 1 aromatic carbocycles. The maximum absolute atomic E-state index is 11.5. The molecule has 0 atom stereocenters. The maximum Gasteiger partial charge on any atom is 0.257 e. The topological polar surface area (TPSA) is 38.3 Å². The molecular weight excluding hydrogens is 214 g/mol. The number of hydrogen-bond donors (Lipinski definition) is 1. The van der Waals surface area contributed by atoms with Gasteiger partial charge in [0, 0.05) is 6.54 Å². The van der Waals surface area contributed by atoms with Crippen molar-refractivity contribution in [2.45, 2.75) is 26.7 Å². The van der Waals surface area contributed by atoms with E-state index < -0.39 is 0 Å². The van der Waals surface area contributed by atoms with Crippen LogP contribution in [0.3, 0.4) is 0 Å². The van der Waals surface area contributed by atoms with Crippen molar-refractivity contribution < 1.29 is 9.53 Å². The molecule has 1 saturated carbocycles. The fourth-order valence-corrected chi connectivity index (χ4v) is 1.64. The minimum absolute atomic E-state index is 0.0298. The van der Waals surface area contributed by atoms with Crippen LogP contribution in [-0.2, 0) is 4.79 Å². The fourth-order valence-electron chi connectivity index (χ4n) is 1.64. The van der Waals surface area contributed by atoms with Crippen molar-refractivity contribution in [3.05, 3.63) is 29.3 Å². The summed E-state index contributed by atoms with van der Waals surface area (Å²) in [6.45, 7) is 4.91. The van der Waals surface area contributed by atoms with Crippen molar-refractivity contribution in [2.75, 3.05) is 13.2 Å². The number of aryl methyl sites for hydroxylation is 2. The average molecular weight is 233 g/mol. The Morgan fingerprint density at radius 3 is 2.88 bits per heavy atom. The van der Waals surface area contributed by atoms with Gasteiger partial charge < -0.3 is 10.1 Å². The highest BCUT2D eigenvalue weighted by molar-refractivity contribution is 5.77. The normalized spacial score (nSPS) is 14.5. The van der Waals surface area contributed by atoms with Crippen molar-refractivity contribution in [1.82, 2.24) is 5.32 Å². The van der Waals surface area contributed by atoms with Crippen LogP contribution < -0.4 is 10.1 Å². The third-order valence-corrected chi connectivity index (χ3v) is 2.99. The molecule has 1 amide bonds. The Morgan fingerprint density at radius 2 is 2.18 bits per heavy atom. The second kappa shape index (κ2) is 5.21. The van der Waals surface area contributed by atoms with Gasteiger partial charge in [-0.3, -0.25) is 4.79 Å². The van der Waals surface area contributed by atoms with Gasteiger partial charge in [0.15, 0.2) is 6.61 Å². The number of ether oxygens (including phenoxy) is 1. The number of amides is 1. The zero-order valence-corrected chi connectivity index (χ0v) is 10.5. The molecule has 0 heterocycles. The van der Waals surface area contributed by atoms with E-state index >= 15 is 0 Å². The van der Waals surface area contributed by atoms with E-state index in [4.69, 9.17) is 4.74 Å². The summed E-state index contributed by atoms with van der Waals surface area (Å²) in [5.41, 5.74) is 2.20. The van der Waals surface area contributed by atoms with Crippen molar-refractivity contribution in [2.24, 2.45) is 5.92 Å². The van der Waals surface area contributed by atoms with E-state index in [2.05, 4.69) is 5.32 Å². The van der Waals surface area contributed by atoms with Crippen LogP contribution in [0.5, 0.6) is 5.75 Å². The molecule has 0 aliphatic heterocycles. The highest BCUT2D eigenvalue weighted by atomic mass is 16.5. The molecule has 1 aliphatic carbocycles. The standard InChI is InChI=1S/C14H19NO2/c1-10-3-4-11(2)13(7-10)17-9-14(16)15-8-12-5-6-12/h3-4,7,12H,5-6,8-9H2,1-2H3,(H,15,16). The highest BCUT2D eigenvalue weighted by Crippen LogP contribution is 2.27. The molecule has 0 aromatic heterocycles. The van der Waals surface area contributed by atoms with E-state index in [9.17, 15) is 4.79 Å². The maximum atomic E-state index is 11.5. The van der Waals surface area contributed by atoms with Gasteiger partial charge in [0.05, 0.1) is 0 Å². The lowest BCUT2D eigenvalue weighted by molar-refractivity contribution is -0.123. The minimum Gasteiger partial charge on any atom is -0.483 e. The van der Waals surface area contributed by atoms with Crippen molar-refractivity contribution >= 4 is 5.91 Å². The van der Waals surface area contributed by atoms with Crippen molar-refractivity contribution in [1.29, 1.82) is 0 Å². The van der Waals surface area contributed by atoms with Crippen LogP contribution in [0, 0.1) is 19.8 Å². The van der Waals surface area contributed by atoms with Gasteiger partial charge in [-0.15, -0.1) is 0 Å². The van der Waals surface area contributed by atoms with E-state index in [0.29, 0.717) is 5.92 Å². The first-order valence-corrected chi connectivity index (χ1v) is 6.12. The van der Waals surface area contributed by atoms with Crippen LogP contribution in [0.4, 0.5) is 0 Å². The average Bonchev–Trinajstić information content (AvgIpc) is 3.11. The summed E-state index contributed by atoms with van der Waals surface area (Å²) in [6, 6.07) is 6.01. The monoisotopic (exact) mass is 233 g/mol. The van der Waals surface area contributed by atoms with Crippen LogP contribution in [0.2, 0.25) is 0 Å². The van der Waals surface area contributed by atoms with Gasteiger partial charge in [0.25, 0.3) is 5.91 Å². The van der Waals surface area contributed by atoms with Gasteiger partial charge in [0.1, 0.15) is 5.75 Å². The van der Waals surface area contributed by atoms with E-state index in [-0.39, 0.29) is 12.5 Å². The Balaban J connectivity index is 1.79. The minimum atomic E-state index is -0.0298. The molecule has 3 nitrogen and oxygen atoms in total. The molecule has 2 rings (SSSR count). The highest BCUT2D eigenvalue weighted by Gasteiger charge is 2.21. The molecule has 0 saturated heterocycles. The molecule has 1 aromatic rings. The summed E-state index contributed by atoms with van der Waals surface area (Å²) in [6.07, 6.45) is 2.50. The molecule has 1 aliphatic rings. The first-order valence-electron chi connectivity index (χ1n) is 6.12. The summed E-state index contributed by atoms with van der Waals surface area (Å²) in [7, 11) is 0. The Bertz CT molecular complexity index is 411. The molecule has 1 N–H and O–H groups in total. The van der Waals surface area contributed by atoms with Crippen LogP contribution in [0.1, 0.15) is 24.0 Å². The lowest BCUT2D eigenvalue weighted by Gasteiger charge is -2.10.